The van der Waals surface area contributed by atoms with Crippen LogP contribution in [0.1, 0.15) is 15.9 Å². The number of methoxy groups -OCH3 is 1. The first-order chi connectivity index (χ1) is 12.8. The number of carbonyl (C=O) groups excluding carboxylic acids is 1. The first-order valence-electron chi connectivity index (χ1n) is 8.52. The lowest BCUT2D eigenvalue weighted by Crippen LogP contribution is -2.50. The van der Waals surface area contributed by atoms with E-state index in [1.54, 1.807) is 36.1 Å². The summed E-state index contributed by atoms with van der Waals surface area (Å²) in [5, 5.41) is 0. The van der Waals surface area contributed by atoms with E-state index < -0.39 is 15.8 Å². The van der Waals surface area contributed by atoms with Gasteiger partial charge < -0.3 is 9.64 Å². The number of hydrogen-bond acceptors (Lipinski definition) is 4. The molecule has 3 rings (SSSR count). The summed E-state index contributed by atoms with van der Waals surface area (Å²) >= 11 is 0. The van der Waals surface area contributed by atoms with E-state index in [1.165, 1.54) is 23.5 Å². The number of carbonyl (C=O) groups is 1. The van der Waals surface area contributed by atoms with Gasteiger partial charge in [0.05, 0.1) is 12.0 Å². The number of rotatable bonds is 4. The lowest BCUT2D eigenvalue weighted by molar-refractivity contribution is 0.0697. The van der Waals surface area contributed by atoms with Gasteiger partial charge in [0.15, 0.2) is 0 Å². The van der Waals surface area contributed by atoms with Gasteiger partial charge in [-0.1, -0.05) is 12.1 Å². The lowest BCUT2D eigenvalue weighted by atomic mass is 10.1. The molecule has 0 spiro atoms. The van der Waals surface area contributed by atoms with Gasteiger partial charge in [0.2, 0.25) is 10.0 Å². The minimum atomic E-state index is -3.80. The van der Waals surface area contributed by atoms with Crippen molar-refractivity contribution in [1.29, 1.82) is 0 Å². The van der Waals surface area contributed by atoms with Crippen molar-refractivity contribution in [3.05, 3.63) is 59.4 Å². The Morgan fingerprint density at radius 1 is 1.07 bits per heavy atom. The van der Waals surface area contributed by atoms with Gasteiger partial charge in [0.1, 0.15) is 11.6 Å². The largest absolute Gasteiger partial charge is 0.497 e. The van der Waals surface area contributed by atoms with Gasteiger partial charge in [-0.3, -0.25) is 4.79 Å². The van der Waals surface area contributed by atoms with Crippen LogP contribution in [0.3, 0.4) is 0 Å². The molecular weight excluding hydrogens is 371 g/mol. The van der Waals surface area contributed by atoms with E-state index in [1.807, 2.05) is 0 Å². The summed E-state index contributed by atoms with van der Waals surface area (Å²) in [4.78, 5) is 14.2. The number of benzene rings is 2. The third-order valence-electron chi connectivity index (χ3n) is 4.61. The summed E-state index contributed by atoms with van der Waals surface area (Å²) in [6, 6.07) is 10.6. The maximum absolute atomic E-state index is 13.5. The van der Waals surface area contributed by atoms with E-state index in [-0.39, 0.29) is 37.0 Å². The van der Waals surface area contributed by atoms with Crippen molar-refractivity contribution in [2.24, 2.45) is 0 Å². The van der Waals surface area contributed by atoms with Crippen LogP contribution in [0, 0.1) is 12.7 Å². The molecule has 2 aromatic rings. The average Bonchev–Trinajstić information content (AvgIpc) is 2.69. The Morgan fingerprint density at radius 2 is 1.78 bits per heavy atom. The molecule has 2 aromatic carbocycles. The summed E-state index contributed by atoms with van der Waals surface area (Å²) in [5.41, 5.74) is 0.984. The van der Waals surface area contributed by atoms with Crippen LogP contribution in [-0.2, 0) is 10.0 Å². The van der Waals surface area contributed by atoms with Crippen molar-refractivity contribution in [3.63, 3.8) is 0 Å². The molecule has 0 atom stereocenters. The highest BCUT2D eigenvalue weighted by molar-refractivity contribution is 7.89. The van der Waals surface area contributed by atoms with Crippen LogP contribution in [0.5, 0.6) is 5.75 Å². The van der Waals surface area contributed by atoms with Gasteiger partial charge in [-0.05, 0) is 42.8 Å². The van der Waals surface area contributed by atoms with Gasteiger partial charge in [-0.25, -0.2) is 12.8 Å². The number of aryl methyl sites for hydroxylation is 1. The first-order valence-corrected chi connectivity index (χ1v) is 9.96. The van der Waals surface area contributed by atoms with E-state index in [0.717, 1.165) is 6.07 Å². The van der Waals surface area contributed by atoms with Crippen molar-refractivity contribution in [1.82, 2.24) is 9.21 Å². The molecule has 1 amide bonds. The molecule has 0 aliphatic carbocycles. The van der Waals surface area contributed by atoms with E-state index in [0.29, 0.717) is 16.9 Å². The van der Waals surface area contributed by atoms with Gasteiger partial charge in [-0.2, -0.15) is 4.31 Å². The number of hydrogen-bond donors (Lipinski definition) is 0. The SMILES string of the molecule is COc1cccc(C(=O)N2CCN(S(=O)(=O)c3cc(F)ccc3C)CC2)c1. The highest BCUT2D eigenvalue weighted by Crippen LogP contribution is 2.23. The average molecular weight is 392 g/mol. The lowest BCUT2D eigenvalue weighted by Gasteiger charge is -2.34. The summed E-state index contributed by atoms with van der Waals surface area (Å²) in [5.74, 6) is -0.178. The number of halogens is 1. The third kappa shape index (κ3) is 3.96. The molecule has 0 aromatic heterocycles. The number of sulfonamides is 1. The van der Waals surface area contributed by atoms with E-state index in [2.05, 4.69) is 0 Å². The maximum atomic E-state index is 13.5. The van der Waals surface area contributed by atoms with Crippen LogP contribution in [0.2, 0.25) is 0 Å². The van der Waals surface area contributed by atoms with Crippen LogP contribution in [0.4, 0.5) is 4.39 Å². The smallest absolute Gasteiger partial charge is 0.254 e. The molecule has 6 nitrogen and oxygen atoms in total. The minimum Gasteiger partial charge on any atom is -0.497 e. The van der Waals surface area contributed by atoms with Crippen molar-refractivity contribution in [2.45, 2.75) is 11.8 Å². The standard InChI is InChI=1S/C19H21FN2O4S/c1-14-6-7-16(20)13-18(14)27(24,25)22-10-8-21(9-11-22)19(23)15-4-3-5-17(12-15)26-2/h3-7,12-13H,8-11H2,1-2H3. The number of piperazine rings is 1. The van der Waals surface area contributed by atoms with Crippen molar-refractivity contribution in [3.8, 4) is 5.75 Å². The number of ether oxygens (including phenoxy) is 1. The molecule has 0 saturated carbocycles. The predicted molar refractivity (Wildman–Crippen MR) is 98.8 cm³/mol. The summed E-state index contributed by atoms with van der Waals surface area (Å²) in [6.45, 7) is 2.49. The zero-order valence-electron chi connectivity index (χ0n) is 15.2. The Morgan fingerprint density at radius 3 is 2.44 bits per heavy atom. The topological polar surface area (TPSA) is 66.9 Å². The Balaban J connectivity index is 1.73. The minimum absolute atomic E-state index is 0.0323. The fourth-order valence-corrected chi connectivity index (χ4v) is 4.72. The second-order valence-electron chi connectivity index (χ2n) is 6.34. The quantitative estimate of drug-likeness (QED) is 0.801. The molecular formula is C19H21FN2O4S. The Kier molecular flexibility index (Phi) is 5.48. The fourth-order valence-electron chi connectivity index (χ4n) is 3.06. The maximum Gasteiger partial charge on any atom is 0.254 e. The molecule has 1 aliphatic rings. The normalized spacial score (nSPS) is 15.6. The fraction of sp³-hybridized carbons (Fsp3) is 0.316. The Hall–Kier alpha value is -2.45. The zero-order chi connectivity index (χ0) is 19.6. The highest BCUT2D eigenvalue weighted by atomic mass is 32.2. The molecule has 27 heavy (non-hydrogen) atoms. The van der Waals surface area contributed by atoms with Crippen molar-refractivity contribution in [2.75, 3.05) is 33.3 Å². The van der Waals surface area contributed by atoms with Crippen LogP contribution in [0.15, 0.2) is 47.4 Å². The van der Waals surface area contributed by atoms with Crippen LogP contribution in [-0.4, -0.2) is 56.8 Å². The molecule has 1 saturated heterocycles. The second kappa shape index (κ2) is 7.66. The predicted octanol–water partition coefficient (Wildman–Crippen LogP) is 2.29. The molecule has 0 radical (unpaired) electrons. The Bertz CT molecular complexity index is 954. The van der Waals surface area contributed by atoms with Gasteiger partial charge in [-0.15, -0.1) is 0 Å². The van der Waals surface area contributed by atoms with Crippen molar-refractivity contribution >= 4 is 15.9 Å². The summed E-state index contributed by atoms with van der Waals surface area (Å²) < 4.78 is 45.6. The molecule has 144 valence electrons. The Labute approximate surface area is 158 Å². The number of nitrogens with zero attached hydrogens (tertiary/aromatic N) is 2. The molecule has 1 aliphatic heterocycles. The molecule has 1 heterocycles. The number of amides is 1. The van der Waals surface area contributed by atoms with E-state index >= 15 is 0 Å². The highest BCUT2D eigenvalue weighted by Gasteiger charge is 2.31. The van der Waals surface area contributed by atoms with Crippen LogP contribution in [0.25, 0.3) is 0 Å². The van der Waals surface area contributed by atoms with Crippen LogP contribution < -0.4 is 4.74 Å². The molecule has 0 N–H and O–H groups in total. The molecule has 0 unspecified atom stereocenters. The molecule has 1 fully saturated rings. The van der Waals surface area contributed by atoms with Crippen LogP contribution >= 0.6 is 0 Å². The zero-order valence-corrected chi connectivity index (χ0v) is 16.0. The molecule has 8 heteroatoms. The first kappa shape index (κ1) is 19.3. The van der Waals surface area contributed by atoms with Gasteiger partial charge in [0.25, 0.3) is 5.91 Å². The van der Waals surface area contributed by atoms with Crippen molar-refractivity contribution < 1.29 is 22.3 Å². The molecule has 0 bridgehead atoms. The second-order valence-corrected chi connectivity index (χ2v) is 8.24. The summed E-state index contributed by atoms with van der Waals surface area (Å²) in [6.07, 6.45) is 0. The van der Waals surface area contributed by atoms with E-state index in [4.69, 9.17) is 4.74 Å². The van der Waals surface area contributed by atoms with Gasteiger partial charge in [0, 0.05) is 31.7 Å². The van der Waals surface area contributed by atoms with E-state index in [9.17, 15) is 17.6 Å². The third-order valence-corrected chi connectivity index (χ3v) is 6.65. The monoisotopic (exact) mass is 392 g/mol. The van der Waals surface area contributed by atoms with Gasteiger partial charge >= 0.3 is 0 Å². The summed E-state index contributed by atoms with van der Waals surface area (Å²) in [7, 11) is -2.27.